The van der Waals surface area contributed by atoms with Gasteiger partial charge in [0.2, 0.25) is 0 Å². The standard InChI is InChI=1S/C24H21FN6O3S.C2H6/c1-24(2,3)34-23(33)31(4)17-9-12(25)8-14-18-20(28-19(14)17)29-22(30-21(18)32)35-13-10-16-15(27-11-13)6-5-7-26-16;1-2/h5-11H,1-4H3,(H2,28,29,30,32);1-2H3. The number of nitrogens with one attached hydrogen (secondary N) is 2. The summed E-state index contributed by atoms with van der Waals surface area (Å²) in [5, 5.41) is 0.835. The van der Waals surface area contributed by atoms with E-state index in [-0.39, 0.29) is 16.7 Å². The maximum Gasteiger partial charge on any atom is 0.414 e. The number of fused-ring (bicyclic) bond motifs is 4. The highest BCUT2D eigenvalue weighted by Crippen LogP contribution is 2.33. The van der Waals surface area contributed by atoms with E-state index in [0.717, 1.165) is 15.9 Å². The van der Waals surface area contributed by atoms with Crippen LogP contribution in [-0.2, 0) is 4.74 Å². The summed E-state index contributed by atoms with van der Waals surface area (Å²) in [6.45, 7) is 9.23. The first-order valence-corrected chi connectivity index (χ1v) is 12.5. The number of aromatic amines is 2. The Bertz CT molecular complexity index is 1670. The molecular formula is C26H27FN6O3S. The van der Waals surface area contributed by atoms with Gasteiger partial charge in [-0.3, -0.25) is 19.7 Å². The average molecular weight is 523 g/mol. The smallest absolute Gasteiger partial charge is 0.414 e. The van der Waals surface area contributed by atoms with E-state index >= 15 is 0 Å². The topological polar surface area (TPSA) is 117 Å². The molecule has 0 aliphatic rings. The molecule has 0 bridgehead atoms. The van der Waals surface area contributed by atoms with Crippen molar-refractivity contribution in [3.05, 3.63) is 58.9 Å². The first-order valence-electron chi connectivity index (χ1n) is 11.7. The Kier molecular flexibility index (Phi) is 7.17. The Hall–Kier alpha value is -3.99. The minimum absolute atomic E-state index is 0.195. The third-order valence-electron chi connectivity index (χ3n) is 5.16. The third-order valence-corrected chi connectivity index (χ3v) is 6.01. The zero-order valence-corrected chi connectivity index (χ0v) is 22.2. The number of carbonyl (C=O) groups is 1. The van der Waals surface area contributed by atoms with Crippen molar-refractivity contribution >= 4 is 56.5 Å². The SMILES string of the molecule is CC.CN(C(=O)OC(C)(C)C)c1cc(F)cc2c1[nH]c1nc(Sc3cnc4cccnc4c3)[nH]c(=O)c12. The molecule has 4 heterocycles. The van der Waals surface area contributed by atoms with Crippen LogP contribution >= 0.6 is 11.8 Å². The third kappa shape index (κ3) is 5.41. The number of rotatable bonds is 3. The summed E-state index contributed by atoms with van der Waals surface area (Å²) in [6.07, 6.45) is 2.70. The Morgan fingerprint density at radius 2 is 1.86 bits per heavy atom. The monoisotopic (exact) mass is 522 g/mol. The minimum atomic E-state index is -0.726. The van der Waals surface area contributed by atoms with Gasteiger partial charge in [0.25, 0.3) is 5.56 Å². The van der Waals surface area contributed by atoms with Gasteiger partial charge in [0.1, 0.15) is 17.1 Å². The molecule has 0 spiro atoms. The van der Waals surface area contributed by atoms with Crippen molar-refractivity contribution in [3.8, 4) is 0 Å². The number of benzene rings is 1. The van der Waals surface area contributed by atoms with Gasteiger partial charge in [-0.15, -0.1) is 0 Å². The minimum Gasteiger partial charge on any atom is -0.443 e. The zero-order chi connectivity index (χ0) is 26.9. The van der Waals surface area contributed by atoms with Crippen LogP contribution < -0.4 is 10.5 Å². The molecule has 0 aliphatic heterocycles. The molecule has 2 N–H and O–H groups in total. The van der Waals surface area contributed by atoms with Gasteiger partial charge >= 0.3 is 6.09 Å². The molecule has 5 rings (SSSR count). The molecule has 0 radical (unpaired) electrons. The van der Waals surface area contributed by atoms with Gasteiger partial charge < -0.3 is 14.7 Å². The van der Waals surface area contributed by atoms with Crippen LogP contribution in [0.2, 0.25) is 0 Å². The van der Waals surface area contributed by atoms with Crippen LogP contribution in [0.1, 0.15) is 34.6 Å². The maximum atomic E-state index is 14.5. The van der Waals surface area contributed by atoms with Crippen molar-refractivity contribution in [1.82, 2.24) is 24.9 Å². The lowest BCUT2D eigenvalue weighted by atomic mass is 10.1. The lowest BCUT2D eigenvalue weighted by Gasteiger charge is -2.25. The van der Waals surface area contributed by atoms with Crippen LogP contribution in [0.25, 0.3) is 33.0 Å². The highest BCUT2D eigenvalue weighted by atomic mass is 32.2. The lowest BCUT2D eigenvalue weighted by molar-refractivity contribution is 0.0589. The first-order chi connectivity index (χ1) is 17.6. The van der Waals surface area contributed by atoms with Crippen molar-refractivity contribution in [2.75, 3.05) is 11.9 Å². The van der Waals surface area contributed by atoms with E-state index in [1.807, 2.05) is 32.0 Å². The average Bonchev–Trinajstić information content (AvgIpc) is 3.21. The van der Waals surface area contributed by atoms with Crippen LogP contribution in [0, 0.1) is 5.82 Å². The van der Waals surface area contributed by atoms with E-state index in [4.69, 9.17) is 4.74 Å². The predicted octanol–water partition coefficient (Wildman–Crippen LogP) is 6.04. The Morgan fingerprint density at radius 1 is 1.11 bits per heavy atom. The predicted molar refractivity (Wildman–Crippen MR) is 144 cm³/mol. The van der Waals surface area contributed by atoms with E-state index in [1.54, 1.807) is 33.2 Å². The molecule has 0 saturated heterocycles. The van der Waals surface area contributed by atoms with Gasteiger partial charge in [0.05, 0.1) is 27.6 Å². The van der Waals surface area contributed by atoms with Gasteiger partial charge in [0.15, 0.2) is 5.16 Å². The van der Waals surface area contributed by atoms with Crippen LogP contribution in [-0.4, -0.2) is 43.7 Å². The molecule has 192 valence electrons. The number of nitrogens with zero attached hydrogens (tertiary/aromatic N) is 4. The Balaban J connectivity index is 0.00000156. The molecular weight excluding hydrogens is 495 g/mol. The van der Waals surface area contributed by atoms with Crippen molar-refractivity contribution in [2.45, 2.75) is 50.3 Å². The van der Waals surface area contributed by atoms with Gasteiger partial charge in [-0.05, 0) is 62.9 Å². The van der Waals surface area contributed by atoms with Crippen LogP contribution in [0.3, 0.4) is 0 Å². The van der Waals surface area contributed by atoms with Crippen molar-refractivity contribution < 1.29 is 13.9 Å². The molecule has 0 aliphatic carbocycles. The van der Waals surface area contributed by atoms with Crippen LogP contribution in [0.15, 0.2) is 57.6 Å². The van der Waals surface area contributed by atoms with Gasteiger partial charge in [-0.25, -0.2) is 14.2 Å². The molecule has 0 saturated carbocycles. The van der Waals surface area contributed by atoms with Crippen molar-refractivity contribution in [1.29, 1.82) is 0 Å². The fraction of sp³-hybridized carbons (Fsp3) is 0.269. The number of aromatic nitrogens is 5. The van der Waals surface area contributed by atoms with E-state index in [2.05, 4.69) is 24.9 Å². The molecule has 37 heavy (non-hydrogen) atoms. The lowest BCUT2D eigenvalue weighted by Crippen LogP contribution is -2.34. The number of carbonyl (C=O) groups excluding carboxylic acids is 1. The number of amides is 1. The highest BCUT2D eigenvalue weighted by molar-refractivity contribution is 7.99. The highest BCUT2D eigenvalue weighted by Gasteiger charge is 2.24. The molecule has 1 aromatic carbocycles. The summed E-state index contributed by atoms with van der Waals surface area (Å²) in [4.78, 5) is 46.6. The Labute approximate surface area is 216 Å². The molecule has 0 unspecified atom stereocenters. The van der Waals surface area contributed by atoms with Crippen molar-refractivity contribution in [2.24, 2.45) is 0 Å². The van der Waals surface area contributed by atoms with E-state index in [9.17, 15) is 14.0 Å². The van der Waals surface area contributed by atoms with Gasteiger partial charge in [0, 0.05) is 29.7 Å². The van der Waals surface area contributed by atoms with E-state index in [0.29, 0.717) is 16.1 Å². The van der Waals surface area contributed by atoms with Crippen LogP contribution in [0.5, 0.6) is 0 Å². The molecule has 0 atom stereocenters. The van der Waals surface area contributed by atoms with Gasteiger partial charge in [-0.1, -0.05) is 13.8 Å². The second-order valence-electron chi connectivity index (χ2n) is 8.92. The number of ether oxygens (including phenoxy) is 1. The number of pyridine rings is 2. The molecule has 11 heteroatoms. The summed E-state index contributed by atoms with van der Waals surface area (Å²) >= 11 is 1.22. The first kappa shape index (κ1) is 26.1. The second kappa shape index (κ2) is 10.2. The van der Waals surface area contributed by atoms with E-state index in [1.165, 1.54) is 35.8 Å². The summed E-state index contributed by atoms with van der Waals surface area (Å²) < 4.78 is 20.0. The summed E-state index contributed by atoms with van der Waals surface area (Å²) in [5.74, 6) is -0.601. The summed E-state index contributed by atoms with van der Waals surface area (Å²) in [5.41, 5.74) is 1.20. The van der Waals surface area contributed by atoms with Gasteiger partial charge in [-0.2, -0.15) is 0 Å². The number of halogens is 1. The number of anilines is 1. The molecule has 5 aromatic rings. The number of hydrogen-bond acceptors (Lipinski definition) is 7. The summed E-state index contributed by atoms with van der Waals surface area (Å²) in [6, 6.07) is 7.97. The molecule has 1 amide bonds. The maximum absolute atomic E-state index is 14.5. The quantitative estimate of drug-likeness (QED) is 0.278. The van der Waals surface area contributed by atoms with E-state index < -0.39 is 23.1 Å². The van der Waals surface area contributed by atoms with Crippen LogP contribution in [0.4, 0.5) is 14.9 Å². The number of hydrogen-bond donors (Lipinski definition) is 2. The normalized spacial score (nSPS) is 11.4. The molecule has 0 fully saturated rings. The fourth-order valence-electron chi connectivity index (χ4n) is 3.68. The zero-order valence-electron chi connectivity index (χ0n) is 21.3. The molecule has 9 nitrogen and oxygen atoms in total. The largest absolute Gasteiger partial charge is 0.443 e. The summed E-state index contributed by atoms with van der Waals surface area (Å²) in [7, 11) is 1.48. The number of H-pyrrole nitrogens is 2. The van der Waals surface area contributed by atoms with Crippen molar-refractivity contribution in [3.63, 3.8) is 0 Å². The second-order valence-corrected chi connectivity index (χ2v) is 9.98. The fourth-order valence-corrected chi connectivity index (χ4v) is 4.46. The molecule has 4 aromatic heterocycles. The Morgan fingerprint density at radius 3 is 2.59 bits per heavy atom.